The Bertz CT molecular complexity index is 4090. The molecule has 0 heterocycles. The molecule has 4 fully saturated rings. The number of allylic oxidation sites excluding steroid dienone is 8. The first-order valence-electron chi connectivity index (χ1n) is 44.7. The molecule has 4 atom stereocenters. The van der Waals surface area contributed by atoms with Crippen LogP contribution in [0.5, 0.6) is 0 Å². The van der Waals surface area contributed by atoms with Gasteiger partial charge in [0.25, 0.3) is 0 Å². The third kappa shape index (κ3) is 19.5. The minimum Gasteiger partial charge on any atom is -0.647 e. The van der Waals surface area contributed by atoms with Gasteiger partial charge in [0.15, 0.2) is 0 Å². The van der Waals surface area contributed by atoms with Crippen LogP contribution < -0.4 is 41.5 Å². The fraction of sp³-hybridized carbons (Fsp3) is 0.407. The molecule has 117 heavy (non-hydrogen) atoms. The van der Waals surface area contributed by atoms with Crippen molar-refractivity contribution in [3.8, 4) is 0 Å². The van der Waals surface area contributed by atoms with Crippen LogP contribution in [0.3, 0.4) is 0 Å². The SMILES string of the molecule is CC1=CC(C)([N-]C2([SiH](c3ccccc3)c3ccccc3)CCCCC2)C(C)=C1C.CC1=CC(C)([N-]C2([SiH](c3ccccc3)c3ccccc3)CCCCC2)C(C)=C1C.CC1=CC(C)([N-]C2([SiH](c3ccccc3)c3ccccc3)CCCCC2)C(C)=C1C.CC1=CC(C)([N-]C2([SiH](c3ccccc3)c3ccccc3)CCCCC2)C(C)=C1C.[Ti+4]. The van der Waals surface area contributed by atoms with Gasteiger partial charge in [-0.25, -0.2) is 0 Å². The van der Waals surface area contributed by atoms with E-state index in [1.54, 1.807) is 0 Å². The molecule has 16 rings (SSSR count). The fourth-order valence-electron chi connectivity index (χ4n) is 22.5. The molecule has 608 valence electrons. The zero-order chi connectivity index (χ0) is 81.9. The molecule has 8 aliphatic rings. The van der Waals surface area contributed by atoms with Crippen molar-refractivity contribution in [3.05, 3.63) is 355 Å². The maximum Gasteiger partial charge on any atom is 4.00 e. The van der Waals surface area contributed by atoms with Crippen molar-refractivity contribution < 1.29 is 21.7 Å². The van der Waals surface area contributed by atoms with Crippen LogP contribution in [0.1, 0.15) is 239 Å². The smallest absolute Gasteiger partial charge is 0.647 e. The van der Waals surface area contributed by atoms with Gasteiger partial charge in [0, 0.05) is 0 Å². The van der Waals surface area contributed by atoms with Crippen molar-refractivity contribution >= 4 is 76.7 Å². The van der Waals surface area contributed by atoms with E-state index in [9.17, 15) is 0 Å². The molecule has 8 aliphatic carbocycles. The van der Waals surface area contributed by atoms with Crippen molar-refractivity contribution in [2.75, 3.05) is 0 Å². The van der Waals surface area contributed by atoms with Crippen molar-refractivity contribution in [3.63, 3.8) is 0 Å². The Morgan fingerprint density at radius 1 is 0.197 bits per heavy atom. The molecule has 0 aliphatic heterocycles. The second kappa shape index (κ2) is 38.9. The van der Waals surface area contributed by atoms with E-state index in [2.05, 4.69) is 378 Å². The van der Waals surface area contributed by atoms with Crippen LogP contribution >= 0.6 is 0 Å². The van der Waals surface area contributed by atoms with Crippen LogP contribution in [-0.4, -0.2) is 78.0 Å². The van der Waals surface area contributed by atoms with Gasteiger partial charge in [-0.3, -0.25) is 0 Å². The second-order valence-corrected chi connectivity index (χ2v) is 50.1. The molecule has 4 unspecified atom stereocenters. The zero-order valence-corrected chi connectivity index (χ0v) is 80.3. The van der Waals surface area contributed by atoms with Crippen molar-refractivity contribution in [2.45, 2.75) is 282 Å². The molecule has 0 N–H and O–H groups in total. The van der Waals surface area contributed by atoms with E-state index < -0.39 is 35.2 Å². The summed E-state index contributed by atoms with van der Waals surface area (Å²) in [7, 11) is -6.22. The van der Waals surface area contributed by atoms with E-state index in [1.807, 2.05) is 0 Å². The molecule has 4 saturated carbocycles. The molecule has 9 heteroatoms. The molecule has 8 aromatic rings. The van der Waals surface area contributed by atoms with Crippen LogP contribution in [0, 0.1) is 0 Å². The van der Waals surface area contributed by atoms with Crippen LogP contribution in [0.2, 0.25) is 0 Å². The van der Waals surface area contributed by atoms with Crippen molar-refractivity contribution in [1.82, 2.24) is 0 Å². The van der Waals surface area contributed by atoms with Gasteiger partial charge in [-0.15, -0.1) is 20.6 Å². The minimum absolute atomic E-state index is 0. The summed E-state index contributed by atoms with van der Waals surface area (Å²) in [5, 5.41) is 36.0. The zero-order valence-electron chi connectivity index (χ0n) is 74.1. The summed E-state index contributed by atoms with van der Waals surface area (Å²) >= 11 is 0. The molecule has 0 amide bonds. The van der Waals surface area contributed by atoms with Crippen molar-refractivity contribution in [2.24, 2.45) is 0 Å². The molecular formula is C108H136N4Si4Ti. The second-order valence-electron chi connectivity index (χ2n) is 37.0. The van der Waals surface area contributed by atoms with E-state index in [-0.39, 0.29) is 64.5 Å². The Morgan fingerprint density at radius 3 is 0.436 bits per heavy atom. The molecule has 0 bridgehead atoms. The summed E-state index contributed by atoms with van der Waals surface area (Å²) in [6.07, 6.45) is 35.3. The van der Waals surface area contributed by atoms with E-state index in [4.69, 9.17) is 21.3 Å². The number of hydrogen-bond donors (Lipinski definition) is 0. The molecular weight excluding hydrogens is 1510 g/mol. The quantitative estimate of drug-likeness (QED) is 0.0683. The molecule has 0 aromatic heterocycles. The van der Waals surface area contributed by atoms with Gasteiger partial charge in [0.1, 0.15) is 0 Å². The Labute approximate surface area is 729 Å². The first kappa shape index (κ1) is 89.4. The molecule has 8 aromatic carbocycles. The maximum atomic E-state index is 5.86. The van der Waals surface area contributed by atoms with Crippen LogP contribution in [-0.2, 0) is 21.7 Å². The largest absolute Gasteiger partial charge is 4.00 e. The Kier molecular flexibility index (Phi) is 29.7. The maximum absolute atomic E-state index is 5.86. The van der Waals surface area contributed by atoms with E-state index in [0.717, 1.165) is 0 Å². The fourth-order valence-corrected chi connectivity index (χ4v) is 39.4. The van der Waals surface area contributed by atoms with E-state index in [1.165, 1.54) is 237 Å². The summed E-state index contributed by atoms with van der Waals surface area (Å²) < 4.78 is 0. The van der Waals surface area contributed by atoms with Gasteiger partial charge in [-0.05, 0) is 83.1 Å². The van der Waals surface area contributed by atoms with Crippen LogP contribution in [0.15, 0.2) is 334 Å². The average molecular weight is 1650 g/mol. The summed E-state index contributed by atoms with van der Waals surface area (Å²) in [5.41, 5.74) is 16.4. The van der Waals surface area contributed by atoms with Crippen molar-refractivity contribution in [1.29, 1.82) is 0 Å². The number of benzene rings is 8. The first-order valence-corrected chi connectivity index (χ1v) is 51.6. The minimum atomic E-state index is -1.55. The van der Waals surface area contributed by atoms with Gasteiger partial charge in [-0.2, -0.15) is 0 Å². The Morgan fingerprint density at radius 2 is 0.325 bits per heavy atom. The number of nitrogens with zero attached hydrogens (tertiary/aromatic N) is 4. The standard InChI is InChI=1S/4C27H34NSi.Ti/c4*1-21-20-26(4,23(3)22(21)2)28-27(18-12-7-13-19-27)29(24-14-8-5-9-15-24)25-16-10-6-11-17-25;/h4*5-6,8-11,14-17,20,29H,7,12-13,18-19H2,1-4H3;/q4*-1;+4. The van der Waals surface area contributed by atoms with Gasteiger partial charge in [-0.1, -0.05) is 554 Å². The predicted octanol–water partition coefficient (Wildman–Crippen LogP) is 22.8. The molecule has 0 radical (unpaired) electrons. The number of rotatable bonds is 20. The van der Waals surface area contributed by atoms with E-state index >= 15 is 0 Å². The summed E-state index contributed by atoms with van der Waals surface area (Å²) in [6.45, 7) is 36.6. The van der Waals surface area contributed by atoms with Crippen LogP contribution in [0.4, 0.5) is 0 Å². The van der Waals surface area contributed by atoms with E-state index in [0.29, 0.717) is 0 Å². The monoisotopic (exact) mass is 1650 g/mol. The molecule has 0 spiro atoms. The van der Waals surface area contributed by atoms with Gasteiger partial charge >= 0.3 is 21.7 Å². The van der Waals surface area contributed by atoms with Crippen LogP contribution in [0.25, 0.3) is 21.3 Å². The molecule has 0 saturated heterocycles. The molecule has 4 nitrogen and oxygen atoms in total. The third-order valence-corrected chi connectivity index (χ3v) is 45.1. The summed E-state index contributed by atoms with van der Waals surface area (Å²) in [4.78, 5) is 0. The summed E-state index contributed by atoms with van der Waals surface area (Å²) in [5.74, 6) is 0. The third-order valence-electron chi connectivity index (χ3n) is 29.6. The number of hydrogen-bond acceptors (Lipinski definition) is 0. The van der Waals surface area contributed by atoms with Gasteiger partial charge in [0.05, 0.1) is 35.2 Å². The Hall–Kier alpha value is -6.90. The first-order chi connectivity index (χ1) is 55.8. The normalized spacial score (nSPS) is 23.9. The average Bonchev–Trinajstić information content (AvgIpc) is 1.75. The topological polar surface area (TPSA) is 56.4 Å². The summed E-state index contributed by atoms with van der Waals surface area (Å²) in [6, 6.07) is 90.4. The van der Waals surface area contributed by atoms with Gasteiger partial charge < -0.3 is 21.3 Å². The Balaban J connectivity index is 0.000000143. The van der Waals surface area contributed by atoms with Gasteiger partial charge in [0.2, 0.25) is 0 Å². The predicted molar refractivity (Wildman–Crippen MR) is 516 cm³/mol.